The quantitative estimate of drug-likeness (QED) is 0.751. The molecule has 2 heteroatoms. The largest absolute Gasteiger partial charge is 0.391 e. The van der Waals surface area contributed by atoms with Gasteiger partial charge in [0.25, 0.3) is 0 Å². The van der Waals surface area contributed by atoms with Crippen LogP contribution in [0.2, 0.25) is 0 Å². The van der Waals surface area contributed by atoms with Gasteiger partial charge in [0.1, 0.15) is 0 Å². The third-order valence-corrected chi connectivity index (χ3v) is 3.17. The molecule has 2 atom stereocenters. The molecule has 1 aliphatic rings. The summed E-state index contributed by atoms with van der Waals surface area (Å²) in [4.78, 5) is 2.45. The first-order chi connectivity index (χ1) is 6.65. The third-order valence-electron chi connectivity index (χ3n) is 3.17. The molecule has 84 valence electrons. The molecule has 0 saturated heterocycles. The lowest BCUT2D eigenvalue weighted by Gasteiger charge is -2.37. The van der Waals surface area contributed by atoms with Crippen molar-refractivity contribution in [2.24, 2.45) is 5.92 Å². The van der Waals surface area contributed by atoms with Gasteiger partial charge < -0.3 is 5.11 Å². The molecule has 0 amide bonds. The highest BCUT2D eigenvalue weighted by atomic mass is 16.3. The van der Waals surface area contributed by atoms with E-state index in [0.717, 1.165) is 19.5 Å². The van der Waals surface area contributed by atoms with Crippen molar-refractivity contribution in [1.82, 2.24) is 4.90 Å². The van der Waals surface area contributed by atoms with Crippen molar-refractivity contribution < 1.29 is 5.11 Å². The predicted molar refractivity (Wildman–Crippen MR) is 60.3 cm³/mol. The van der Waals surface area contributed by atoms with Crippen LogP contribution in [0.25, 0.3) is 0 Å². The van der Waals surface area contributed by atoms with Crippen LogP contribution in [-0.4, -0.2) is 35.2 Å². The summed E-state index contributed by atoms with van der Waals surface area (Å²) in [7, 11) is 0. The summed E-state index contributed by atoms with van der Waals surface area (Å²) < 4.78 is 0. The average Bonchev–Trinajstić information content (AvgIpc) is 2.15. The van der Waals surface area contributed by atoms with E-state index in [0.29, 0.717) is 12.0 Å². The highest BCUT2D eigenvalue weighted by Crippen LogP contribution is 2.23. The summed E-state index contributed by atoms with van der Waals surface area (Å²) in [5, 5.41) is 9.94. The molecular weight excluding hydrogens is 174 g/mol. The smallest absolute Gasteiger partial charge is 0.0695 e. The Labute approximate surface area is 88.3 Å². The van der Waals surface area contributed by atoms with Crippen LogP contribution in [0.15, 0.2) is 0 Å². The molecule has 0 aliphatic heterocycles. The molecule has 0 aromatic carbocycles. The van der Waals surface area contributed by atoms with E-state index in [-0.39, 0.29) is 6.10 Å². The zero-order chi connectivity index (χ0) is 10.6. The van der Waals surface area contributed by atoms with Gasteiger partial charge in [0, 0.05) is 12.6 Å². The van der Waals surface area contributed by atoms with E-state index in [1.807, 2.05) is 0 Å². The molecular formula is C12H25NO. The number of aliphatic hydroxyl groups excluding tert-OH is 1. The fraction of sp³-hybridized carbons (Fsp3) is 1.00. The second-order valence-corrected chi connectivity index (χ2v) is 4.90. The highest BCUT2D eigenvalue weighted by Gasteiger charge is 2.27. The molecule has 0 spiro atoms. The Balaban J connectivity index is 2.48. The van der Waals surface area contributed by atoms with E-state index in [9.17, 15) is 5.11 Å². The Bertz CT molecular complexity index is 158. The molecule has 0 unspecified atom stereocenters. The van der Waals surface area contributed by atoms with Gasteiger partial charge in [-0.05, 0) is 25.3 Å². The summed E-state index contributed by atoms with van der Waals surface area (Å²) in [5.41, 5.74) is 0. The van der Waals surface area contributed by atoms with Gasteiger partial charge in [0.2, 0.25) is 0 Å². The standard InChI is InChI=1S/C12H25NO/c1-4-13(9-10(2)3)11-7-5-6-8-12(11)14/h10-12,14H,4-9H2,1-3H3/t11-,12-/m1/s1. The monoisotopic (exact) mass is 199 g/mol. The fourth-order valence-electron chi connectivity index (χ4n) is 2.49. The van der Waals surface area contributed by atoms with Crippen LogP contribution in [0.5, 0.6) is 0 Å². The van der Waals surface area contributed by atoms with Gasteiger partial charge in [-0.3, -0.25) is 4.90 Å². The Hall–Kier alpha value is -0.0800. The normalized spacial score (nSPS) is 28.7. The van der Waals surface area contributed by atoms with Crippen molar-refractivity contribution >= 4 is 0 Å². The lowest BCUT2D eigenvalue weighted by atomic mass is 9.91. The van der Waals surface area contributed by atoms with Gasteiger partial charge in [0.15, 0.2) is 0 Å². The molecule has 0 aromatic heterocycles. The van der Waals surface area contributed by atoms with E-state index < -0.39 is 0 Å². The van der Waals surface area contributed by atoms with E-state index in [1.54, 1.807) is 0 Å². The fourth-order valence-corrected chi connectivity index (χ4v) is 2.49. The maximum Gasteiger partial charge on any atom is 0.0695 e. The minimum atomic E-state index is -0.0811. The zero-order valence-corrected chi connectivity index (χ0v) is 9.87. The number of rotatable bonds is 4. The predicted octanol–water partition coefficient (Wildman–Crippen LogP) is 2.27. The Kier molecular flexibility index (Phi) is 4.90. The van der Waals surface area contributed by atoms with Gasteiger partial charge >= 0.3 is 0 Å². The van der Waals surface area contributed by atoms with E-state index in [2.05, 4.69) is 25.7 Å². The zero-order valence-electron chi connectivity index (χ0n) is 9.87. The lowest BCUT2D eigenvalue weighted by Crippen LogP contribution is -2.46. The van der Waals surface area contributed by atoms with Crippen LogP contribution in [0.4, 0.5) is 0 Å². The average molecular weight is 199 g/mol. The van der Waals surface area contributed by atoms with Gasteiger partial charge in [-0.1, -0.05) is 33.6 Å². The molecule has 1 saturated carbocycles. The second-order valence-electron chi connectivity index (χ2n) is 4.90. The van der Waals surface area contributed by atoms with Crippen LogP contribution in [0, 0.1) is 5.92 Å². The molecule has 0 aromatic rings. The number of hydrogen-bond acceptors (Lipinski definition) is 2. The summed E-state index contributed by atoms with van der Waals surface area (Å²) in [5.74, 6) is 0.698. The Morgan fingerprint density at radius 3 is 2.43 bits per heavy atom. The van der Waals surface area contributed by atoms with Gasteiger partial charge in [0.05, 0.1) is 6.10 Å². The SMILES string of the molecule is CCN(CC(C)C)[C@@H]1CCCC[C@H]1O. The van der Waals surface area contributed by atoms with Gasteiger partial charge in [-0.15, -0.1) is 0 Å². The highest BCUT2D eigenvalue weighted by molar-refractivity contribution is 4.82. The van der Waals surface area contributed by atoms with Crippen molar-refractivity contribution in [3.8, 4) is 0 Å². The first-order valence-corrected chi connectivity index (χ1v) is 6.07. The van der Waals surface area contributed by atoms with Crippen LogP contribution in [0.3, 0.4) is 0 Å². The molecule has 1 rings (SSSR count). The molecule has 1 fully saturated rings. The summed E-state index contributed by atoms with van der Waals surface area (Å²) in [6, 6.07) is 0.427. The number of likely N-dealkylation sites (N-methyl/N-ethyl adjacent to an activating group) is 1. The molecule has 14 heavy (non-hydrogen) atoms. The maximum absolute atomic E-state index is 9.94. The third kappa shape index (κ3) is 3.25. The van der Waals surface area contributed by atoms with Crippen molar-refractivity contribution in [3.05, 3.63) is 0 Å². The first-order valence-electron chi connectivity index (χ1n) is 6.07. The number of aliphatic hydroxyl groups is 1. The Morgan fingerprint density at radius 2 is 1.93 bits per heavy atom. The van der Waals surface area contributed by atoms with Crippen LogP contribution < -0.4 is 0 Å². The minimum absolute atomic E-state index is 0.0811. The Morgan fingerprint density at radius 1 is 1.29 bits per heavy atom. The second kappa shape index (κ2) is 5.72. The minimum Gasteiger partial charge on any atom is -0.391 e. The molecule has 0 bridgehead atoms. The van der Waals surface area contributed by atoms with Crippen molar-refractivity contribution in [2.45, 2.75) is 58.6 Å². The molecule has 1 N–H and O–H groups in total. The van der Waals surface area contributed by atoms with Crippen LogP contribution in [-0.2, 0) is 0 Å². The van der Waals surface area contributed by atoms with Crippen molar-refractivity contribution in [2.75, 3.05) is 13.1 Å². The van der Waals surface area contributed by atoms with Crippen LogP contribution >= 0.6 is 0 Å². The van der Waals surface area contributed by atoms with E-state index >= 15 is 0 Å². The molecule has 0 radical (unpaired) electrons. The summed E-state index contributed by atoms with van der Waals surface area (Å²) >= 11 is 0. The first kappa shape index (κ1) is 12.0. The van der Waals surface area contributed by atoms with Gasteiger partial charge in [-0.2, -0.15) is 0 Å². The summed E-state index contributed by atoms with van der Waals surface area (Å²) in [6.45, 7) is 8.89. The maximum atomic E-state index is 9.94. The topological polar surface area (TPSA) is 23.5 Å². The lowest BCUT2D eigenvalue weighted by molar-refractivity contribution is 0.0171. The van der Waals surface area contributed by atoms with Crippen molar-refractivity contribution in [1.29, 1.82) is 0 Å². The number of nitrogens with zero attached hydrogens (tertiary/aromatic N) is 1. The van der Waals surface area contributed by atoms with Gasteiger partial charge in [-0.25, -0.2) is 0 Å². The van der Waals surface area contributed by atoms with Crippen LogP contribution in [0.1, 0.15) is 46.5 Å². The number of hydrogen-bond donors (Lipinski definition) is 1. The molecule has 0 heterocycles. The molecule has 1 aliphatic carbocycles. The summed E-state index contributed by atoms with van der Waals surface area (Å²) in [6.07, 6.45) is 4.59. The van der Waals surface area contributed by atoms with Crippen molar-refractivity contribution in [3.63, 3.8) is 0 Å². The van der Waals surface area contributed by atoms with E-state index in [4.69, 9.17) is 0 Å². The molecule has 2 nitrogen and oxygen atoms in total. The van der Waals surface area contributed by atoms with E-state index in [1.165, 1.54) is 19.3 Å².